The Kier molecular flexibility index (Phi) is 5.05. The van der Waals surface area contributed by atoms with Gasteiger partial charge in [0, 0.05) is 20.1 Å². The van der Waals surface area contributed by atoms with Crippen LogP contribution >= 0.6 is 0 Å². The highest BCUT2D eigenvalue weighted by Gasteiger charge is 2.10. The average molecular weight is 225 g/mol. The van der Waals surface area contributed by atoms with Crippen LogP contribution in [0.4, 0.5) is 0 Å². The molecule has 0 aliphatic heterocycles. The zero-order valence-electron chi connectivity index (χ0n) is 9.90. The third kappa shape index (κ3) is 4.06. The molecule has 0 atom stereocenters. The molecule has 0 unspecified atom stereocenters. The van der Waals surface area contributed by atoms with Crippen LogP contribution in [0.25, 0.3) is 0 Å². The number of furan rings is 1. The number of aryl methyl sites for hydroxylation is 1. The van der Waals surface area contributed by atoms with Gasteiger partial charge >= 0.3 is 0 Å². The maximum absolute atomic E-state index is 11.6. The molecule has 90 valence electrons. The standard InChI is InChI=1S/C12H19NO3/c1-10-6-7-11(16-10)9-13(2)12(15)5-3-4-8-14/h6-7,14H,3-5,8-9H2,1-2H3. The predicted molar refractivity (Wildman–Crippen MR) is 60.9 cm³/mol. The fourth-order valence-electron chi connectivity index (χ4n) is 1.47. The van der Waals surface area contributed by atoms with Gasteiger partial charge in [0.2, 0.25) is 5.91 Å². The van der Waals surface area contributed by atoms with Crippen molar-refractivity contribution in [3.05, 3.63) is 23.7 Å². The van der Waals surface area contributed by atoms with E-state index in [0.717, 1.165) is 17.9 Å². The molecule has 0 fully saturated rings. The van der Waals surface area contributed by atoms with E-state index in [1.54, 1.807) is 11.9 Å². The fourth-order valence-corrected chi connectivity index (χ4v) is 1.47. The topological polar surface area (TPSA) is 53.7 Å². The van der Waals surface area contributed by atoms with Gasteiger partial charge in [0.1, 0.15) is 11.5 Å². The van der Waals surface area contributed by atoms with Gasteiger partial charge in [0.05, 0.1) is 6.54 Å². The van der Waals surface area contributed by atoms with E-state index < -0.39 is 0 Å². The van der Waals surface area contributed by atoms with Crippen LogP contribution in [0.5, 0.6) is 0 Å². The zero-order chi connectivity index (χ0) is 12.0. The highest BCUT2D eigenvalue weighted by atomic mass is 16.3. The maximum Gasteiger partial charge on any atom is 0.222 e. The Morgan fingerprint density at radius 1 is 1.44 bits per heavy atom. The van der Waals surface area contributed by atoms with Crippen molar-refractivity contribution in [1.82, 2.24) is 4.90 Å². The summed E-state index contributed by atoms with van der Waals surface area (Å²) in [5.74, 6) is 1.74. The van der Waals surface area contributed by atoms with Gasteiger partial charge in [0.15, 0.2) is 0 Å². The minimum Gasteiger partial charge on any atom is -0.464 e. The van der Waals surface area contributed by atoms with E-state index in [9.17, 15) is 4.79 Å². The van der Waals surface area contributed by atoms with Crippen molar-refractivity contribution in [2.45, 2.75) is 32.7 Å². The summed E-state index contributed by atoms with van der Waals surface area (Å²) in [5, 5.41) is 8.62. The van der Waals surface area contributed by atoms with Crippen LogP contribution in [0.3, 0.4) is 0 Å². The molecule has 1 N–H and O–H groups in total. The number of amides is 1. The lowest BCUT2D eigenvalue weighted by atomic mass is 10.2. The molecule has 0 saturated heterocycles. The molecule has 1 amide bonds. The van der Waals surface area contributed by atoms with E-state index in [0.29, 0.717) is 19.4 Å². The SMILES string of the molecule is Cc1ccc(CN(C)C(=O)CCCCO)o1. The van der Waals surface area contributed by atoms with Gasteiger partial charge in [0.25, 0.3) is 0 Å². The second-order valence-corrected chi connectivity index (χ2v) is 3.94. The summed E-state index contributed by atoms with van der Waals surface area (Å²) in [4.78, 5) is 13.3. The Hall–Kier alpha value is -1.29. The van der Waals surface area contributed by atoms with Crippen LogP contribution < -0.4 is 0 Å². The van der Waals surface area contributed by atoms with Crippen LogP contribution in [0.2, 0.25) is 0 Å². The highest BCUT2D eigenvalue weighted by molar-refractivity contribution is 5.75. The predicted octanol–water partition coefficient (Wildman–Crippen LogP) is 1.71. The molecule has 4 heteroatoms. The number of carbonyl (C=O) groups excluding carboxylic acids is 1. The van der Waals surface area contributed by atoms with Crippen LogP contribution in [0.1, 0.15) is 30.8 Å². The van der Waals surface area contributed by atoms with Crippen LogP contribution in [0, 0.1) is 6.92 Å². The summed E-state index contributed by atoms with van der Waals surface area (Å²) in [6, 6.07) is 3.77. The molecule has 0 aromatic carbocycles. The second-order valence-electron chi connectivity index (χ2n) is 3.94. The van der Waals surface area contributed by atoms with Gasteiger partial charge in [-0.3, -0.25) is 4.79 Å². The molecule has 1 aromatic rings. The van der Waals surface area contributed by atoms with E-state index in [2.05, 4.69) is 0 Å². The smallest absolute Gasteiger partial charge is 0.222 e. The van der Waals surface area contributed by atoms with Gasteiger partial charge in [-0.2, -0.15) is 0 Å². The van der Waals surface area contributed by atoms with Gasteiger partial charge < -0.3 is 14.4 Å². The Morgan fingerprint density at radius 3 is 2.75 bits per heavy atom. The first kappa shape index (κ1) is 12.8. The lowest BCUT2D eigenvalue weighted by Gasteiger charge is -2.15. The number of rotatable bonds is 6. The maximum atomic E-state index is 11.6. The first-order chi connectivity index (χ1) is 7.63. The Balaban J connectivity index is 2.34. The molecule has 0 bridgehead atoms. The Labute approximate surface area is 95.9 Å². The second kappa shape index (κ2) is 6.33. The molecule has 0 radical (unpaired) electrons. The zero-order valence-corrected chi connectivity index (χ0v) is 9.90. The van der Waals surface area contributed by atoms with Crippen molar-refractivity contribution in [1.29, 1.82) is 0 Å². The Morgan fingerprint density at radius 2 is 2.19 bits per heavy atom. The molecule has 1 rings (SSSR count). The van der Waals surface area contributed by atoms with Gasteiger partial charge in [-0.05, 0) is 31.9 Å². The third-order valence-electron chi connectivity index (χ3n) is 2.41. The number of aliphatic hydroxyl groups excluding tert-OH is 1. The van der Waals surface area contributed by atoms with Gasteiger partial charge in [-0.15, -0.1) is 0 Å². The normalized spacial score (nSPS) is 10.4. The molecule has 0 saturated carbocycles. The fraction of sp³-hybridized carbons (Fsp3) is 0.583. The number of nitrogens with zero attached hydrogens (tertiary/aromatic N) is 1. The van der Waals surface area contributed by atoms with Gasteiger partial charge in [-0.25, -0.2) is 0 Å². The molecule has 0 aliphatic rings. The largest absolute Gasteiger partial charge is 0.464 e. The molecule has 0 spiro atoms. The molecular formula is C12H19NO3. The monoisotopic (exact) mass is 225 g/mol. The van der Waals surface area contributed by atoms with Crippen LogP contribution in [-0.2, 0) is 11.3 Å². The number of carbonyl (C=O) groups is 1. The van der Waals surface area contributed by atoms with Crippen molar-refractivity contribution >= 4 is 5.91 Å². The van der Waals surface area contributed by atoms with E-state index in [4.69, 9.17) is 9.52 Å². The summed E-state index contributed by atoms with van der Waals surface area (Å²) in [7, 11) is 1.76. The van der Waals surface area contributed by atoms with Gasteiger partial charge in [-0.1, -0.05) is 0 Å². The molecule has 0 aliphatic carbocycles. The first-order valence-electron chi connectivity index (χ1n) is 5.53. The molecule has 4 nitrogen and oxygen atoms in total. The molecular weight excluding hydrogens is 206 g/mol. The molecule has 16 heavy (non-hydrogen) atoms. The number of unbranched alkanes of at least 4 members (excludes halogenated alkanes) is 1. The third-order valence-corrected chi connectivity index (χ3v) is 2.41. The molecule has 1 aromatic heterocycles. The lowest BCUT2D eigenvalue weighted by Crippen LogP contribution is -2.25. The summed E-state index contributed by atoms with van der Waals surface area (Å²) in [6.45, 7) is 2.53. The van der Waals surface area contributed by atoms with Crippen molar-refractivity contribution in [2.24, 2.45) is 0 Å². The van der Waals surface area contributed by atoms with E-state index in [1.165, 1.54) is 0 Å². The minimum absolute atomic E-state index is 0.0857. The Bertz CT molecular complexity index is 333. The van der Waals surface area contributed by atoms with E-state index in [-0.39, 0.29) is 12.5 Å². The van der Waals surface area contributed by atoms with E-state index >= 15 is 0 Å². The minimum atomic E-state index is 0.0857. The lowest BCUT2D eigenvalue weighted by molar-refractivity contribution is -0.130. The van der Waals surface area contributed by atoms with Crippen molar-refractivity contribution in [3.63, 3.8) is 0 Å². The highest BCUT2D eigenvalue weighted by Crippen LogP contribution is 2.09. The quantitative estimate of drug-likeness (QED) is 0.750. The van der Waals surface area contributed by atoms with Crippen LogP contribution in [-0.4, -0.2) is 29.6 Å². The summed E-state index contributed by atoms with van der Waals surface area (Å²) < 4.78 is 5.40. The van der Waals surface area contributed by atoms with Crippen molar-refractivity contribution in [2.75, 3.05) is 13.7 Å². The number of aliphatic hydroxyl groups is 1. The number of hydrogen-bond donors (Lipinski definition) is 1. The van der Waals surface area contributed by atoms with Crippen molar-refractivity contribution in [3.8, 4) is 0 Å². The average Bonchev–Trinajstić information content (AvgIpc) is 2.64. The van der Waals surface area contributed by atoms with Crippen LogP contribution in [0.15, 0.2) is 16.5 Å². The van der Waals surface area contributed by atoms with E-state index in [1.807, 2.05) is 19.1 Å². The van der Waals surface area contributed by atoms with Crippen molar-refractivity contribution < 1.29 is 14.3 Å². The summed E-state index contributed by atoms with van der Waals surface area (Å²) >= 11 is 0. The number of hydrogen-bond acceptors (Lipinski definition) is 3. The first-order valence-corrected chi connectivity index (χ1v) is 5.53. The summed E-state index contributed by atoms with van der Waals surface area (Å²) in [5.41, 5.74) is 0. The summed E-state index contributed by atoms with van der Waals surface area (Å²) in [6.07, 6.45) is 1.90. The molecule has 1 heterocycles.